The summed E-state index contributed by atoms with van der Waals surface area (Å²) in [7, 11) is 1.54. The molecule has 12 heteroatoms. The predicted molar refractivity (Wildman–Crippen MR) is 128 cm³/mol. The molecule has 2 aromatic carbocycles. The van der Waals surface area contributed by atoms with Crippen molar-refractivity contribution in [1.29, 1.82) is 0 Å². The number of hydrogen-bond acceptors (Lipinski definition) is 9. The zero-order valence-electron chi connectivity index (χ0n) is 20.2. The van der Waals surface area contributed by atoms with Crippen molar-refractivity contribution < 1.29 is 38.7 Å². The van der Waals surface area contributed by atoms with Gasteiger partial charge in [-0.3, -0.25) is 24.9 Å². The van der Waals surface area contributed by atoms with E-state index in [2.05, 4.69) is 5.32 Å². The Bertz CT molecular complexity index is 985. The van der Waals surface area contributed by atoms with Crippen molar-refractivity contribution in [2.24, 2.45) is 5.92 Å². The van der Waals surface area contributed by atoms with Crippen molar-refractivity contribution in [3.63, 3.8) is 0 Å². The number of nitro benzene ring substituents is 1. The lowest BCUT2D eigenvalue weighted by atomic mass is 9.96. The highest BCUT2D eigenvalue weighted by molar-refractivity contribution is 5.94. The van der Waals surface area contributed by atoms with Crippen LogP contribution in [-0.2, 0) is 14.3 Å². The molecule has 0 saturated carbocycles. The number of nitro groups is 1. The molecule has 0 aliphatic carbocycles. The monoisotopic (exact) mass is 505 g/mol. The van der Waals surface area contributed by atoms with Crippen molar-refractivity contribution in [1.82, 2.24) is 10.8 Å². The third-order valence-electron chi connectivity index (χ3n) is 5.19. The number of hydroxylamine groups is 1. The second-order valence-electron chi connectivity index (χ2n) is 7.68. The maximum atomic E-state index is 12.8. The lowest BCUT2D eigenvalue weighted by Crippen LogP contribution is -2.42. The zero-order chi connectivity index (χ0) is 26.3. The standard InChI is InChI=1S/C24H31N3O9/c1-3-34-16-35-15-19(25-23(28)17-7-9-20(10-8-17)27(31)32)13-18(24(29)26-30)11-12-36-22-6-4-5-21(14-22)33-2/h4-10,14,18-19,30H,3,11-13,15-16H2,1-2H3,(H,25,28)(H,26,29). The summed E-state index contributed by atoms with van der Waals surface area (Å²) in [5, 5.41) is 22.9. The van der Waals surface area contributed by atoms with E-state index in [0.29, 0.717) is 18.1 Å². The summed E-state index contributed by atoms with van der Waals surface area (Å²) < 4.78 is 21.5. The number of methoxy groups -OCH3 is 1. The summed E-state index contributed by atoms with van der Waals surface area (Å²) in [5.74, 6) is -0.675. The number of carbonyl (C=O) groups is 2. The fourth-order valence-electron chi connectivity index (χ4n) is 3.31. The molecule has 0 radical (unpaired) electrons. The molecule has 2 rings (SSSR count). The van der Waals surface area contributed by atoms with Crippen LogP contribution in [0.15, 0.2) is 48.5 Å². The van der Waals surface area contributed by atoms with Gasteiger partial charge in [0.15, 0.2) is 0 Å². The number of carbonyl (C=O) groups excluding carboxylic acids is 2. The van der Waals surface area contributed by atoms with E-state index in [4.69, 9.17) is 18.9 Å². The highest BCUT2D eigenvalue weighted by Crippen LogP contribution is 2.20. The Balaban J connectivity index is 2.06. The second kappa shape index (κ2) is 15.3. The van der Waals surface area contributed by atoms with Crippen LogP contribution >= 0.6 is 0 Å². The van der Waals surface area contributed by atoms with E-state index in [9.17, 15) is 24.9 Å². The topological polar surface area (TPSA) is 158 Å². The molecule has 36 heavy (non-hydrogen) atoms. The minimum Gasteiger partial charge on any atom is -0.497 e. The van der Waals surface area contributed by atoms with Crippen molar-refractivity contribution >= 4 is 17.5 Å². The Labute approximate surface area is 208 Å². The van der Waals surface area contributed by atoms with E-state index >= 15 is 0 Å². The molecular weight excluding hydrogens is 474 g/mol. The van der Waals surface area contributed by atoms with Crippen molar-refractivity contribution in [3.8, 4) is 11.5 Å². The predicted octanol–water partition coefficient (Wildman–Crippen LogP) is 2.69. The van der Waals surface area contributed by atoms with Gasteiger partial charge in [-0.25, -0.2) is 5.48 Å². The first-order valence-corrected chi connectivity index (χ1v) is 11.3. The molecule has 0 fully saturated rings. The highest BCUT2D eigenvalue weighted by Gasteiger charge is 2.25. The van der Waals surface area contributed by atoms with Gasteiger partial charge in [-0.15, -0.1) is 0 Å². The fraction of sp³-hybridized carbons (Fsp3) is 0.417. The third-order valence-corrected chi connectivity index (χ3v) is 5.19. The van der Waals surface area contributed by atoms with Gasteiger partial charge in [-0.2, -0.15) is 0 Å². The number of hydrogen-bond donors (Lipinski definition) is 3. The molecule has 3 N–H and O–H groups in total. The summed E-state index contributed by atoms with van der Waals surface area (Å²) >= 11 is 0. The molecule has 2 atom stereocenters. The number of nitrogens with zero attached hydrogens (tertiary/aromatic N) is 1. The average molecular weight is 506 g/mol. The molecule has 2 amide bonds. The van der Waals surface area contributed by atoms with Gasteiger partial charge in [0.25, 0.3) is 11.6 Å². The molecule has 0 heterocycles. The largest absolute Gasteiger partial charge is 0.497 e. The second-order valence-corrected chi connectivity index (χ2v) is 7.68. The summed E-state index contributed by atoms with van der Waals surface area (Å²) in [6.07, 6.45) is 0.359. The molecular formula is C24H31N3O9. The van der Waals surface area contributed by atoms with Crippen LogP contribution in [0, 0.1) is 16.0 Å². The van der Waals surface area contributed by atoms with Gasteiger partial charge in [-0.1, -0.05) is 6.07 Å². The molecule has 0 aliphatic heterocycles. The van der Waals surface area contributed by atoms with Crippen molar-refractivity contribution in [3.05, 3.63) is 64.2 Å². The van der Waals surface area contributed by atoms with Gasteiger partial charge in [0.2, 0.25) is 5.91 Å². The Morgan fingerprint density at radius 1 is 1.11 bits per heavy atom. The van der Waals surface area contributed by atoms with Gasteiger partial charge < -0.3 is 24.3 Å². The van der Waals surface area contributed by atoms with E-state index in [-0.39, 0.29) is 44.1 Å². The molecule has 2 unspecified atom stereocenters. The maximum Gasteiger partial charge on any atom is 0.269 e. The smallest absolute Gasteiger partial charge is 0.269 e. The van der Waals surface area contributed by atoms with E-state index < -0.39 is 28.7 Å². The van der Waals surface area contributed by atoms with Gasteiger partial charge in [0.05, 0.1) is 31.3 Å². The Hall–Kier alpha value is -3.74. The van der Waals surface area contributed by atoms with E-state index in [1.807, 2.05) is 0 Å². The number of rotatable bonds is 16. The number of benzene rings is 2. The fourth-order valence-corrected chi connectivity index (χ4v) is 3.31. The van der Waals surface area contributed by atoms with Gasteiger partial charge in [-0.05, 0) is 44.0 Å². The Morgan fingerprint density at radius 2 is 1.83 bits per heavy atom. The molecule has 12 nitrogen and oxygen atoms in total. The van der Waals surface area contributed by atoms with Gasteiger partial charge in [0.1, 0.15) is 18.3 Å². The van der Waals surface area contributed by atoms with Crippen LogP contribution in [0.5, 0.6) is 11.5 Å². The van der Waals surface area contributed by atoms with Crippen molar-refractivity contribution in [2.45, 2.75) is 25.8 Å². The first-order valence-electron chi connectivity index (χ1n) is 11.3. The minimum absolute atomic E-state index is 0.00375. The number of non-ortho nitro benzene ring substituents is 1. The van der Waals surface area contributed by atoms with Crippen molar-refractivity contribution in [2.75, 3.05) is 33.7 Å². The molecule has 0 spiro atoms. The minimum atomic E-state index is -0.724. The third kappa shape index (κ3) is 9.49. The first kappa shape index (κ1) is 28.5. The molecule has 0 saturated heterocycles. The lowest BCUT2D eigenvalue weighted by molar-refractivity contribution is -0.384. The first-order chi connectivity index (χ1) is 17.4. The summed E-state index contributed by atoms with van der Waals surface area (Å²) in [4.78, 5) is 35.4. The molecule has 0 aliphatic rings. The molecule has 0 aromatic heterocycles. The summed E-state index contributed by atoms with van der Waals surface area (Å²) in [6, 6.07) is 11.5. The van der Waals surface area contributed by atoms with Gasteiger partial charge >= 0.3 is 0 Å². The molecule has 196 valence electrons. The summed E-state index contributed by atoms with van der Waals surface area (Å²) in [5.41, 5.74) is 1.73. The zero-order valence-corrected chi connectivity index (χ0v) is 20.2. The number of amides is 2. The SMILES string of the molecule is CCOCOCC(CC(CCOc1cccc(OC)c1)C(=O)NO)NC(=O)c1ccc([N+](=O)[O-])cc1. The molecule has 2 aromatic rings. The summed E-state index contributed by atoms with van der Waals surface area (Å²) in [6.45, 7) is 2.44. The normalized spacial score (nSPS) is 12.3. The van der Waals surface area contributed by atoms with Crippen LogP contribution in [0.3, 0.4) is 0 Å². The lowest BCUT2D eigenvalue weighted by Gasteiger charge is -2.23. The van der Waals surface area contributed by atoms with E-state index in [0.717, 1.165) is 0 Å². The van der Waals surface area contributed by atoms with Gasteiger partial charge in [0, 0.05) is 36.3 Å². The Morgan fingerprint density at radius 3 is 2.47 bits per heavy atom. The average Bonchev–Trinajstić information content (AvgIpc) is 2.90. The van der Waals surface area contributed by atoms with E-state index in [1.54, 1.807) is 43.8 Å². The van der Waals surface area contributed by atoms with Crippen LogP contribution in [0.2, 0.25) is 0 Å². The molecule has 0 bridgehead atoms. The van der Waals surface area contributed by atoms with E-state index in [1.165, 1.54) is 24.3 Å². The van der Waals surface area contributed by atoms with Crippen LogP contribution in [0.25, 0.3) is 0 Å². The van der Waals surface area contributed by atoms with Crippen LogP contribution < -0.4 is 20.3 Å². The quantitative estimate of drug-likeness (QED) is 0.102. The Kier molecular flexibility index (Phi) is 12.1. The van der Waals surface area contributed by atoms with Crippen LogP contribution in [-0.4, -0.2) is 61.7 Å². The highest BCUT2D eigenvalue weighted by atomic mass is 16.7. The number of nitrogens with one attached hydrogen (secondary N) is 2. The van der Waals surface area contributed by atoms with Crippen LogP contribution in [0.1, 0.15) is 30.1 Å². The maximum absolute atomic E-state index is 12.8. The number of ether oxygens (including phenoxy) is 4. The van der Waals surface area contributed by atoms with Crippen LogP contribution in [0.4, 0.5) is 5.69 Å².